The Balaban J connectivity index is 1.51. The molecule has 0 fully saturated rings. The summed E-state index contributed by atoms with van der Waals surface area (Å²) in [5.74, 6) is 1.05. The van der Waals surface area contributed by atoms with E-state index in [4.69, 9.17) is 9.47 Å². The van der Waals surface area contributed by atoms with E-state index in [0.717, 1.165) is 47.5 Å². The molecule has 0 radical (unpaired) electrons. The molecule has 1 aromatic heterocycles. The maximum atomic E-state index is 12.7. The third kappa shape index (κ3) is 5.80. The summed E-state index contributed by atoms with van der Waals surface area (Å²) in [5.41, 5.74) is -0.211. The Hall–Kier alpha value is -3.51. The zero-order valence-corrected chi connectivity index (χ0v) is 18.5. The number of ether oxygens (including phenoxy) is 2. The number of hydrogen-bond donors (Lipinski definition) is 1. The van der Waals surface area contributed by atoms with Gasteiger partial charge in [0, 0.05) is 18.6 Å². The first kappa shape index (κ1) is 23.2. The van der Waals surface area contributed by atoms with Crippen molar-refractivity contribution >= 4 is 37.9 Å². The fraction of sp³-hybridized carbons (Fsp3) is 0.200. The van der Waals surface area contributed by atoms with Crippen LogP contribution in [0.25, 0.3) is 0 Å². The van der Waals surface area contributed by atoms with E-state index in [0.29, 0.717) is 18.8 Å². The molecule has 2 aromatic carbocycles. The number of thiazole rings is 1. The van der Waals surface area contributed by atoms with Gasteiger partial charge < -0.3 is 14.8 Å². The number of non-ortho nitro benzene ring substituents is 1. The van der Waals surface area contributed by atoms with Gasteiger partial charge in [-0.2, -0.15) is 0 Å². The van der Waals surface area contributed by atoms with Gasteiger partial charge in [0.1, 0.15) is 15.7 Å². The molecular weight excluding hydrogens is 458 g/mol. The molecular formula is C20H19N3O7S2. The highest BCUT2D eigenvalue weighted by atomic mass is 32.2. The van der Waals surface area contributed by atoms with E-state index >= 15 is 0 Å². The Morgan fingerprint density at radius 1 is 1.12 bits per heavy atom. The second-order valence-electron chi connectivity index (χ2n) is 6.41. The molecule has 3 aromatic rings. The van der Waals surface area contributed by atoms with Gasteiger partial charge in [-0.05, 0) is 42.8 Å². The average Bonchev–Trinajstić information content (AvgIpc) is 3.26. The van der Waals surface area contributed by atoms with Crippen molar-refractivity contribution in [2.45, 2.75) is 21.9 Å². The molecule has 0 unspecified atom stereocenters. The van der Waals surface area contributed by atoms with E-state index in [2.05, 4.69) is 10.3 Å². The lowest BCUT2D eigenvalue weighted by Crippen LogP contribution is -2.12. The number of nitro benzene ring substituents is 1. The van der Waals surface area contributed by atoms with Gasteiger partial charge in [-0.1, -0.05) is 11.3 Å². The highest BCUT2D eigenvalue weighted by Gasteiger charge is 2.22. The lowest BCUT2D eigenvalue weighted by molar-refractivity contribution is -0.384. The number of aromatic nitrogens is 1. The summed E-state index contributed by atoms with van der Waals surface area (Å²) >= 11 is 0.805. The molecule has 0 atom stereocenters. The smallest absolute Gasteiger partial charge is 0.269 e. The molecule has 0 spiro atoms. The van der Waals surface area contributed by atoms with Gasteiger partial charge in [-0.3, -0.25) is 14.9 Å². The summed E-state index contributed by atoms with van der Waals surface area (Å²) in [5, 5.41) is 13.4. The lowest BCUT2D eigenvalue weighted by atomic mass is 10.3. The number of carbonyl (C=O) groups excluding carboxylic acids is 1. The average molecular weight is 478 g/mol. The van der Waals surface area contributed by atoms with Crippen LogP contribution in [-0.2, 0) is 14.6 Å². The molecule has 1 heterocycles. The quantitative estimate of drug-likeness (QED) is 0.265. The number of methoxy groups -OCH3 is 1. The minimum Gasteiger partial charge on any atom is -0.497 e. The Bertz CT molecular complexity index is 1190. The minimum atomic E-state index is -3.90. The number of amides is 1. The molecule has 0 aliphatic rings. The van der Waals surface area contributed by atoms with Crippen LogP contribution in [0.1, 0.15) is 12.8 Å². The Labute approximate surface area is 187 Å². The highest BCUT2D eigenvalue weighted by molar-refractivity contribution is 7.93. The summed E-state index contributed by atoms with van der Waals surface area (Å²) in [6, 6.07) is 11.6. The van der Waals surface area contributed by atoms with Crippen LogP contribution >= 0.6 is 11.3 Å². The van der Waals surface area contributed by atoms with E-state index in [1.54, 1.807) is 31.4 Å². The van der Waals surface area contributed by atoms with Gasteiger partial charge in [-0.25, -0.2) is 13.4 Å². The third-order valence-corrected chi connectivity index (χ3v) is 7.37. The second kappa shape index (κ2) is 10.2. The molecule has 12 heteroatoms. The van der Waals surface area contributed by atoms with Crippen molar-refractivity contribution in [2.75, 3.05) is 19.0 Å². The second-order valence-corrected chi connectivity index (χ2v) is 9.62. The van der Waals surface area contributed by atoms with Crippen LogP contribution in [0.3, 0.4) is 0 Å². The van der Waals surface area contributed by atoms with Crippen LogP contribution in [0.2, 0.25) is 0 Å². The number of rotatable bonds is 10. The first-order valence-corrected chi connectivity index (χ1v) is 11.6. The van der Waals surface area contributed by atoms with Crippen molar-refractivity contribution in [1.29, 1.82) is 0 Å². The molecule has 0 bridgehead atoms. The molecule has 168 valence electrons. The van der Waals surface area contributed by atoms with Crippen molar-refractivity contribution < 1.29 is 27.6 Å². The topological polar surface area (TPSA) is 138 Å². The number of benzene rings is 2. The zero-order valence-electron chi connectivity index (χ0n) is 16.9. The van der Waals surface area contributed by atoms with Crippen LogP contribution in [-0.4, -0.2) is 37.9 Å². The van der Waals surface area contributed by atoms with Gasteiger partial charge in [0.2, 0.25) is 15.7 Å². The first-order valence-electron chi connectivity index (χ1n) is 9.31. The SMILES string of the molecule is COc1ccc(OCCCC(=O)Nc2ncc(S(=O)(=O)c3ccc([N+](=O)[O-])cc3)s2)cc1. The van der Waals surface area contributed by atoms with E-state index in [-0.39, 0.29) is 32.3 Å². The van der Waals surface area contributed by atoms with E-state index in [1.165, 1.54) is 0 Å². The van der Waals surface area contributed by atoms with Crippen molar-refractivity contribution in [3.05, 3.63) is 64.8 Å². The Kier molecular flexibility index (Phi) is 7.38. The van der Waals surface area contributed by atoms with Gasteiger partial charge in [0.05, 0.1) is 29.7 Å². The highest BCUT2D eigenvalue weighted by Crippen LogP contribution is 2.29. The molecule has 32 heavy (non-hydrogen) atoms. The Morgan fingerprint density at radius 2 is 1.78 bits per heavy atom. The summed E-state index contributed by atoms with van der Waals surface area (Å²) in [7, 11) is -2.33. The van der Waals surface area contributed by atoms with E-state index < -0.39 is 14.8 Å². The summed E-state index contributed by atoms with van der Waals surface area (Å²) < 4.78 is 35.9. The number of carbonyl (C=O) groups is 1. The van der Waals surface area contributed by atoms with Crippen LogP contribution in [0.5, 0.6) is 11.5 Å². The van der Waals surface area contributed by atoms with Gasteiger partial charge in [-0.15, -0.1) is 0 Å². The third-order valence-electron chi connectivity index (χ3n) is 4.23. The van der Waals surface area contributed by atoms with Crippen LogP contribution in [0.4, 0.5) is 10.8 Å². The molecule has 0 aliphatic carbocycles. The lowest BCUT2D eigenvalue weighted by Gasteiger charge is -2.07. The fourth-order valence-corrected chi connectivity index (χ4v) is 5.03. The van der Waals surface area contributed by atoms with Crippen molar-refractivity contribution in [1.82, 2.24) is 4.98 Å². The maximum Gasteiger partial charge on any atom is 0.269 e. The predicted molar refractivity (Wildman–Crippen MR) is 117 cm³/mol. The molecule has 1 amide bonds. The van der Waals surface area contributed by atoms with Crippen LogP contribution < -0.4 is 14.8 Å². The van der Waals surface area contributed by atoms with Crippen molar-refractivity contribution in [3.63, 3.8) is 0 Å². The monoisotopic (exact) mass is 477 g/mol. The van der Waals surface area contributed by atoms with E-state index in [9.17, 15) is 23.3 Å². The number of anilines is 1. The number of hydrogen-bond acceptors (Lipinski definition) is 9. The van der Waals surface area contributed by atoms with Crippen LogP contribution in [0, 0.1) is 10.1 Å². The zero-order chi connectivity index (χ0) is 23.1. The maximum absolute atomic E-state index is 12.7. The number of sulfone groups is 1. The molecule has 0 saturated carbocycles. The van der Waals surface area contributed by atoms with Crippen LogP contribution in [0.15, 0.2) is 63.8 Å². The first-order chi connectivity index (χ1) is 15.3. The standard InChI is InChI=1S/C20H19N3O7S2/c1-29-15-6-8-16(9-7-15)30-12-2-3-18(24)22-20-21-13-19(31-20)32(27,28)17-10-4-14(5-11-17)23(25)26/h4-11,13H,2-3,12H2,1H3,(H,21,22,24). The van der Waals surface area contributed by atoms with Gasteiger partial charge >= 0.3 is 0 Å². The normalized spacial score (nSPS) is 11.0. The predicted octanol–water partition coefficient (Wildman–Crippen LogP) is 3.69. The molecule has 0 saturated heterocycles. The molecule has 3 rings (SSSR count). The largest absolute Gasteiger partial charge is 0.497 e. The van der Waals surface area contributed by atoms with Gasteiger partial charge in [0.15, 0.2) is 5.13 Å². The summed E-state index contributed by atoms with van der Waals surface area (Å²) in [6.45, 7) is 0.331. The number of nitro groups is 1. The van der Waals surface area contributed by atoms with E-state index in [1.807, 2.05) is 0 Å². The minimum absolute atomic E-state index is 0.0792. The fourth-order valence-electron chi connectivity index (χ4n) is 2.58. The number of nitrogens with zero attached hydrogens (tertiary/aromatic N) is 2. The number of nitrogens with one attached hydrogen (secondary N) is 1. The van der Waals surface area contributed by atoms with Crippen molar-refractivity contribution in [3.8, 4) is 11.5 Å². The van der Waals surface area contributed by atoms with Crippen molar-refractivity contribution in [2.24, 2.45) is 0 Å². The van der Waals surface area contributed by atoms with Gasteiger partial charge in [0.25, 0.3) is 5.69 Å². The Morgan fingerprint density at radius 3 is 2.41 bits per heavy atom. The molecule has 1 N–H and O–H groups in total. The summed E-state index contributed by atoms with van der Waals surface area (Å²) in [4.78, 5) is 26.1. The molecule has 0 aliphatic heterocycles. The summed E-state index contributed by atoms with van der Waals surface area (Å²) in [6.07, 6.45) is 1.77. The molecule has 10 nitrogen and oxygen atoms in total.